The molecule has 7 heteroatoms. The highest BCUT2D eigenvalue weighted by molar-refractivity contribution is 8.01. The largest absolute Gasteiger partial charge is 0.312 e. The molecule has 0 radical (unpaired) electrons. The summed E-state index contributed by atoms with van der Waals surface area (Å²) < 4.78 is 0. The monoisotopic (exact) mass is 937 g/mol. The molecule has 9 aromatic rings. The Balaban J connectivity index is 1.05. The Hall–Kier alpha value is -6.79. The van der Waals surface area contributed by atoms with Crippen LogP contribution in [0.15, 0.2) is 177 Å². The maximum absolute atomic E-state index is 2.67. The lowest BCUT2D eigenvalue weighted by Crippen LogP contribution is -2.67. The van der Waals surface area contributed by atoms with E-state index in [1.165, 1.54) is 131 Å². The van der Waals surface area contributed by atoms with Crippen LogP contribution in [0.2, 0.25) is 0 Å². The van der Waals surface area contributed by atoms with Crippen molar-refractivity contribution >= 4 is 121 Å². The normalized spacial score (nSPS) is 13.3. The molecule has 0 amide bonds. The molecule has 4 aliphatic rings. The summed E-state index contributed by atoms with van der Waals surface area (Å²) in [5.74, 6) is 0. The number of aryl methyl sites for hydroxylation is 8. The number of hydrogen-bond donors (Lipinski definition) is 0. The Morgan fingerprint density at radius 2 is 0.686 bits per heavy atom. The molecule has 0 fully saturated rings. The molecular formula is C63H53B2N3S2. The molecular weight excluding hydrogens is 884 g/mol. The zero-order valence-corrected chi connectivity index (χ0v) is 43.0. The predicted octanol–water partition coefficient (Wildman–Crippen LogP) is 13.5. The molecule has 0 unspecified atom stereocenters. The molecule has 0 aromatic heterocycles. The van der Waals surface area contributed by atoms with Crippen molar-refractivity contribution in [2.24, 2.45) is 0 Å². The number of fused-ring (bicyclic) bond motifs is 10. The molecule has 0 spiro atoms. The molecule has 0 N–H and O–H groups in total. The highest BCUT2D eigenvalue weighted by Gasteiger charge is 2.50. The van der Waals surface area contributed by atoms with Gasteiger partial charge in [0, 0.05) is 59.4 Å². The van der Waals surface area contributed by atoms with Crippen LogP contribution in [-0.4, -0.2) is 13.4 Å². The molecule has 4 aliphatic heterocycles. The summed E-state index contributed by atoms with van der Waals surface area (Å²) in [5.41, 5.74) is 31.1. The highest BCUT2D eigenvalue weighted by Crippen LogP contribution is 2.51. The molecule has 0 atom stereocenters. The van der Waals surface area contributed by atoms with Gasteiger partial charge in [0.1, 0.15) is 0 Å². The van der Waals surface area contributed by atoms with Gasteiger partial charge in [-0.15, -0.1) is 0 Å². The van der Waals surface area contributed by atoms with Crippen molar-refractivity contribution in [3.63, 3.8) is 0 Å². The highest BCUT2D eigenvalue weighted by atomic mass is 32.2. The molecule has 13 rings (SSSR count). The van der Waals surface area contributed by atoms with E-state index in [0.29, 0.717) is 0 Å². The quantitative estimate of drug-likeness (QED) is 0.153. The van der Waals surface area contributed by atoms with Gasteiger partial charge in [-0.1, -0.05) is 153 Å². The maximum atomic E-state index is 2.67. The summed E-state index contributed by atoms with van der Waals surface area (Å²) in [6.45, 7) is 20.4. The average molecular weight is 938 g/mol. The average Bonchev–Trinajstić information content (AvgIpc) is 3.35. The second-order valence-electron chi connectivity index (χ2n) is 20.4. The number of hydrogen-bond acceptors (Lipinski definition) is 5. The van der Waals surface area contributed by atoms with E-state index in [2.05, 4.69) is 235 Å². The fraction of sp³-hybridized carbons (Fsp3) is 0.143. The van der Waals surface area contributed by atoms with E-state index in [0.717, 1.165) is 22.7 Å². The van der Waals surface area contributed by atoms with Crippen LogP contribution in [0.1, 0.15) is 50.1 Å². The van der Waals surface area contributed by atoms with Gasteiger partial charge in [0.25, 0.3) is 0 Å². The van der Waals surface area contributed by atoms with Gasteiger partial charge in [-0.25, -0.2) is 0 Å². The topological polar surface area (TPSA) is 9.72 Å². The standard InChI is InChI=1S/C63H53B2N3S2/c1-36-10-20-45(21-11-36)66(46-22-12-37(2)13-23-46)55-34-57-51(32-42(55)7)64-49-30-40(5)18-28-53(49)68-54-29-19-41(6)31-50(54)65-52-33-43(8)56(35-58(52)70-63-44(9)62(69-57)59(64)61(68)60(63)65)67(47-24-14-38(3)15-25-47)48-26-16-39(4)17-27-48/h10-35H,1-9H3. The van der Waals surface area contributed by atoms with Crippen molar-refractivity contribution in [3.8, 4) is 0 Å². The van der Waals surface area contributed by atoms with Crippen molar-refractivity contribution in [3.05, 3.63) is 208 Å². The Morgan fingerprint density at radius 1 is 0.357 bits per heavy atom. The second-order valence-corrected chi connectivity index (χ2v) is 22.5. The predicted molar refractivity (Wildman–Crippen MR) is 304 cm³/mol. The van der Waals surface area contributed by atoms with Gasteiger partial charge in [-0.3, -0.25) is 0 Å². The maximum Gasteiger partial charge on any atom is 0.249 e. The van der Waals surface area contributed by atoms with Crippen LogP contribution in [0, 0.1) is 62.3 Å². The van der Waals surface area contributed by atoms with E-state index >= 15 is 0 Å². The third kappa shape index (κ3) is 6.61. The van der Waals surface area contributed by atoms with Crippen LogP contribution >= 0.6 is 23.5 Å². The zero-order chi connectivity index (χ0) is 47.9. The molecule has 4 heterocycles. The SMILES string of the molecule is Cc1ccc(N(c2ccc(C)cc2)c2cc3c(cc2C)B2c4cc(C)ccc4N4c5ccc(C)cc5B5c6cc(C)c(N(c7ccc(C)cc7)c7ccc(C)cc7)cc6Sc6c(C)c(c2c4c65)S3)cc1. The molecule has 70 heavy (non-hydrogen) atoms. The van der Waals surface area contributed by atoms with Crippen LogP contribution in [0.4, 0.5) is 51.2 Å². The zero-order valence-electron chi connectivity index (χ0n) is 41.3. The number of benzene rings is 9. The van der Waals surface area contributed by atoms with Crippen molar-refractivity contribution in [2.45, 2.75) is 81.9 Å². The summed E-state index contributed by atoms with van der Waals surface area (Å²) >= 11 is 3.98. The van der Waals surface area contributed by atoms with Gasteiger partial charge in [-0.05, 0) is 174 Å². The number of anilines is 9. The number of nitrogens with zero attached hydrogens (tertiary/aromatic N) is 3. The first-order valence-corrected chi connectivity index (χ1v) is 26.3. The van der Waals surface area contributed by atoms with Crippen molar-refractivity contribution < 1.29 is 0 Å². The fourth-order valence-electron chi connectivity index (χ4n) is 11.8. The lowest BCUT2D eigenvalue weighted by molar-refractivity contribution is 1.17. The lowest BCUT2D eigenvalue weighted by Gasteiger charge is -2.48. The molecule has 3 nitrogen and oxygen atoms in total. The summed E-state index contributed by atoms with van der Waals surface area (Å²) in [6.07, 6.45) is 0. The second kappa shape index (κ2) is 16.1. The Bertz CT molecular complexity index is 3330. The van der Waals surface area contributed by atoms with E-state index in [1.54, 1.807) is 0 Å². The first-order chi connectivity index (χ1) is 33.9. The van der Waals surface area contributed by atoms with Gasteiger partial charge < -0.3 is 14.7 Å². The van der Waals surface area contributed by atoms with E-state index in [9.17, 15) is 0 Å². The first-order valence-electron chi connectivity index (χ1n) is 24.6. The molecule has 9 aromatic carbocycles. The minimum Gasteiger partial charge on any atom is -0.312 e. The van der Waals surface area contributed by atoms with Crippen LogP contribution in [0.5, 0.6) is 0 Å². The van der Waals surface area contributed by atoms with Crippen molar-refractivity contribution in [2.75, 3.05) is 14.7 Å². The van der Waals surface area contributed by atoms with Gasteiger partial charge in [-0.2, -0.15) is 0 Å². The minimum absolute atomic E-state index is 0.0806. The van der Waals surface area contributed by atoms with Crippen LogP contribution < -0.4 is 47.5 Å². The minimum atomic E-state index is 0.0806. The fourth-order valence-corrected chi connectivity index (χ4v) is 14.4. The van der Waals surface area contributed by atoms with E-state index in [-0.39, 0.29) is 13.4 Å². The molecule has 338 valence electrons. The summed E-state index contributed by atoms with van der Waals surface area (Å²) in [6, 6.07) is 60.5. The van der Waals surface area contributed by atoms with E-state index in [4.69, 9.17) is 0 Å². The molecule has 0 aliphatic carbocycles. The molecule has 0 saturated heterocycles. The Kier molecular flexibility index (Phi) is 9.97. The smallest absolute Gasteiger partial charge is 0.249 e. The van der Waals surface area contributed by atoms with Crippen LogP contribution in [-0.2, 0) is 0 Å². The lowest BCUT2D eigenvalue weighted by atomic mass is 9.30. The van der Waals surface area contributed by atoms with Gasteiger partial charge in [0.15, 0.2) is 0 Å². The van der Waals surface area contributed by atoms with E-state index in [1.807, 2.05) is 23.5 Å². The summed E-state index contributed by atoms with van der Waals surface area (Å²) in [5, 5.41) is 0. The van der Waals surface area contributed by atoms with E-state index < -0.39 is 0 Å². The molecule has 0 saturated carbocycles. The van der Waals surface area contributed by atoms with Crippen LogP contribution in [0.3, 0.4) is 0 Å². The number of rotatable bonds is 6. The Morgan fingerprint density at radius 3 is 1.03 bits per heavy atom. The van der Waals surface area contributed by atoms with Gasteiger partial charge in [0.05, 0.1) is 11.4 Å². The first kappa shape index (κ1) is 43.2. The third-order valence-corrected chi connectivity index (χ3v) is 17.9. The van der Waals surface area contributed by atoms with Crippen molar-refractivity contribution in [1.82, 2.24) is 0 Å². The molecule has 0 bridgehead atoms. The van der Waals surface area contributed by atoms with Gasteiger partial charge in [0.2, 0.25) is 13.4 Å². The third-order valence-electron chi connectivity index (χ3n) is 15.3. The summed E-state index contributed by atoms with van der Waals surface area (Å²) in [4.78, 5) is 13.0. The Labute approximate surface area is 422 Å². The van der Waals surface area contributed by atoms with Crippen molar-refractivity contribution in [1.29, 1.82) is 0 Å². The van der Waals surface area contributed by atoms with Gasteiger partial charge >= 0.3 is 0 Å². The summed E-state index contributed by atoms with van der Waals surface area (Å²) in [7, 11) is 0. The van der Waals surface area contributed by atoms with Crippen LogP contribution in [0.25, 0.3) is 0 Å².